The van der Waals surface area contributed by atoms with Crippen molar-refractivity contribution in [1.29, 1.82) is 0 Å². The van der Waals surface area contributed by atoms with Crippen molar-refractivity contribution < 1.29 is 4.74 Å². The molecule has 0 amide bonds. The van der Waals surface area contributed by atoms with Crippen molar-refractivity contribution in [3.63, 3.8) is 0 Å². The van der Waals surface area contributed by atoms with E-state index in [0.29, 0.717) is 5.82 Å². The molecular weight excluding hydrogens is 380 g/mol. The molecule has 1 N–H and O–H groups in total. The number of rotatable bonds is 4. The molecule has 7 nitrogen and oxygen atoms in total. The van der Waals surface area contributed by atoms with Gasteiger partial charge >= 0.3 is 0 Å². The number of morpholine rings is 1. The highest BCUT2D eigenvalue weighted by Crippen LogP contribution is 2.24. The molecule has 0 unspecified atom stereocenters. The molecule has 1 aliphatic heterocycles. The Morgan fingerprint density at radius 3 is 3.04 bits per heavy atom. The van der Waals surface area contributed by atoms with E-state index in [-0.39, 0.29) is 0 Å². The summed E-state index contributed by atoms with van der Waals surface area (Å²) >= 11 is 5.04. The maximum Gasteiger partial charge on any atom is 0.188 e. The number of aromatic nitrogens is 4. The molecular formula is C14H15BrN6OS. The van der Waals surface area contributed by atoms with Crippen molar-refractivity contribution in [1.82, 2.24) is 24.3 Å². The minimum atomic E-state index is 0.700. The van der Waals surface area contributed by atoms with Gasteiger partial charge in [0.15, 0.2) is 16.6 Å². The zero-order valence-corrected chi connectivity index (χ0v) is 14.7. The number of nitrogens with zero attached hydrogens (tertiary/aromatic N) is 5. The molecule has 1 fully saturated rings. The van der Waals surface area contributed by atoms with Crippen LogP contribution in [0, 0.1) is 0 Å². The lowest BCUT2D eigenvalue weighted by Gasteiger charge is -2.25. The number of hydrogen-bond donors (Lipinski definition) is 1. The van der Waals surface area contributed by atoms with Crippen LogP contribution in [0.25, 0.3) is 5.65 Å². The Hall–Kier alpha value is -1.55. The lowest BCUT2D eigenvalue weighted by Crippen LogP contribution is -2.35. The molecule has 1 aliphatic rings. The van der Waals surface area contributed by atoms with Crippen LogP contribution in [0.5, 0.6) is 0 Å². The Morgan fingerprint density at radius 1 is 1.30 bits per heavy atom. The van der Waals surface area contributed by atoms with Gasteiger partial charge in [-0.15, -0.1) is 11.3 Å². The van der Waals surface area contributed by atoms with E-state index >= 15 is 0 Å². The smallest absolute Gasteiger partial charge is 0.188 e. The molecule has 0 aromatic carbocycles. The average molecular weight is 395 g/mol. The summed E-state index contributed by atoms with van der Waals surface area (Å²) in [5, 5.41) is 6.18. The number of thiazole rings is 1. The molecule has 3 aromatic rings. The van der Waals surface area contributed by atoms with E-state index in [2.05, 4.69) is 46.5 Å². The van der Waals surface area contributed by atoms with Gasteiger partial charge in [0, 0.05) is 37.4 Å². The van der Waals surface area contributed by atoms with Crippen molar-refractivity contribution in [3.8, 4) is 0 Å². The molecule has 120 valence electrons. The largest absolute Gasteiger partial charge is 0.379 e. The first kappa shape index (κ1) is 15.0. The lowest BCUT2D eigenvalue weighted by molar-refractivity contribution is 0.0337. The Bertz CT molecular complexity index is 813. The van der Waals surface area contributed by atoms with Crippen LogP contribution in [-0.2, 0) is 11.3 Å². The first-order chi connectivity index (χ1) is 11.3. The highest BCUT2D eigenvalue weighted by atomic mass is 79.9. The summed E-state index contributed by atoms with van der Waals surface area (Å²) in [6.07, 6.45) is 5.38. The van der Waals surface area contributed by atoms with Gasteiger partial charge in [0.25, 0.3) is 0 Å². The maximum atomic E-state index is 5.37. The normalized spacial score (nSPS) is 16.0. The zero-order chi connectivity index (χ0) is 15.6. The molecule has 9 heteroatoms. The third-order valence-corrected chi connectivity index (χ3v) is 5.04. The minimum absolute atomic E-state index is 0.700. The topological polar surface area (TPSA) is 67.6 Å². The summed E-state index contributed by atoms with van der Waals surface area (Å²) in [5.74, 6) is 0.700. The van der Waals surface area contributed by atoms with E-state index in [1.165, 1.54) is 0 Å². The third-order valence-electron chi connectivity index (χ3n) is 3.65. The quantitative estimate of drug-likeness (QED) is 0.733. The van der Waals surface area contributed by atoms with Crippen LogP contribution in [0.4, 0.5) is 10.9 Å². The van der Waals surface area contributed by atoms with Crippen LogP contribution in [0.2, 0.25) is 0 Å². The number of fused-ring (bicyclic) bond motifs is 1. The predicted molar refractivity (Wildman–Crippen MR) is 92.2 cm³/mol. The van der Waals surface area contributed by atoms with E-state index in [9.17, 15) is 0 Å². The second kappa shape index (κ2) is 6.52. The average Bonchev–Trinajstić information content (AvgIpc) is 3.21. The number of nitrogens with one attached hydrogen (secondary N) is 1. The summed E-state index contributed by atoms with van der Waals surface area (Å²) in [7, 11) is 0. The van der Waals surface area contributed by atoms with E-state index in [1.807, 2.05) is 10.6 Å². The van der Waals surface area contributed by atoms with Gasteiger partial charge in [-0.25, -0.2) is 15.0 Å². The Kier molecular flexibility index (Phi) is 4.25. The lowest BCUT2D eigenvalue weighted by atomic mass is 10.4. The van der Waals surface area contributed by atoms with Crippen LogP contribution >= 0.6 is 27.3 Å². The SMILES string of the molecule is Brc1cnc(Nc2nc(CN3CCOCC3)cs2)c2nccn12. The number of anilines is 2. The molecule has 1 saturated heterocycles. The molecule has 0 saturated carbocycles. The second-order valence-corrected chi connectivity index (χ2v) is 6.88. The molecule has 0 spiro atoms. The molecule has 3 aromatic heterocycles. The van der Waals surface area contributed by atoms with E-state index in [4.69, 9.17) is 4.74 Å². The Labute approximate surface area is 145 Å². The number of hydrogen-bond acceptors (Lipinski definition) is 7. The molecule has 4 heterocycles. The molecule has 0 aliphatic carbocycles. The summed E-state index contributed by atoms with van der Waals surface area (Å²) in [6.45, 7) is 4.38. The van der Waals surface area contributed by atoms with Gasteiger partial charge in [-0.1, -0.05) is 0 Å². The highest BCUT2D eigenvalue weighted by molar-refractivity contribution is 9.10. The minimum Gasteiger partial charge on any atom is -0.379 e. The summed E-state index contributed by atoms with van der Waals surface area (Å²) < 4.78 is 8.16. The maximum absolute atomic E-state index is 5.37. The van der Waals surface area contributed by atoms with Crippen molar-refractivity contribution >= 4 is 43.9 Å². The first-order valence-electron chi connectivity index (χ1n) is 7.29. The first-order valence-corrected chi connectivity index (χ1v) is 8.96. The highest BCUT2D eigenvalue weighted by Gasteiger charge is 2.14. The Morgan fingerprint density at radius 2 is 2.17 bits per heavy atom. The molecule has 0 atom stereocenters. The van der Waals surface area contributed by atoms with Crippen LogP contribution in [-0.4, -0.2) is 50.6 Å². The Balaban J connectivity index is 1.50. The second-order valence-electron chi connectivity index (χ2n) is 5.21. The van der Waals surface area contributed by atoms with Crippen LogP contribution in [0.3, 0.4) is 0 Å². The van der Waals surface area contributed by atoms with Gasteiger partial charge in [0.2, 0.25) is 0 Å². The van der Waals surface area contributed by atoms with Gasteiger partial charge < -0.3 is 10.1 Å². The van der Waals surface area contributed by atoms with Crippen LogP contribution in [0.15, 0.2) is 28.6 Å². The summed E-state index contributed by atoms with van der Waals surface area (Å²) in [4.78, 5) is 15.7. The van der Waals surface area contributed by atoms with Gasteiger partial charge in [-0.05, 0) is 15.9 Å². The van der Waals surface area contributed by atoms with Crippen molar-refractivity contribution in [3.05, 3.63) is 34.3 Å². The molecule has 4 rings (SSSR count). The third kappa shape index (κ3) is 3.23. The van der Waals surface area contributed by atoms with Gasteiger partial charge in [0.05, 0.1) is 25.1 Å². The molecule has 0 bridgehead atoms. The summed E-state index contributed by atoms with van der Waals surface area (Å²) in [5.41, 5.74) is 1.83. The van der Waals surface area contributed by atoms with Gasteiger partial charge in [-0.3, -0.25) is 9.30 Å². The predicted octanol–water partition coefficient (Wildman–Crippen LogP) is 2.52. The monoisotopic (exact) mass is 394 g/mol. The van der Waals surface area contributed by atoms with E-state index < -0.39 is 0 Å². The van der Waals surface area contributed by atoms with Crippen molar-refractivity contribution in [2.45, 2.75) is 6.54 Å². The number of halogens is 1. The van der Waals surface area contributed by atoms with Crippen LogP contribution in [0.1, 0.15) is 5.69 Å². The van der Waals surface area contributed by atoms with E-state index in [0.717, 1.165) is 53.9 Å². The standard InChI is InChI=1S/C14H15BrN6OS/c15-11-7-17-12(13-16-1-2-21(11)13)19-14-18-10(9-23-14)8-20-3-5-22-6-4-20/h1-2,7,9H,3-6,8H2,(H,17,18,19). The molecule has 23 heavy (non-hydrogen) atoms. The van der Waals surface area contributed by atoms with Gasteiger partial charge in [-0.2, -0.15) is 0 Å². The zero-order valence-electron chi connectivity index (χ0n) is 12.3. The van der Waals surface area contributed by atoms with Crippen molar-refractivity contribution in [2.24, 2.45) is 0 Å². The fourth-order valence-electron chi connectivity index (χ4n) is 2.50. The van der Waals surface area contributed by atoms with Crippen molar-refractivity contribution in [2.75, 3.05) is 31.6 Å². The number of imidazole rings is 1. The fourth-order valence-corrected chi connectivity index (χ4v) is 3.59. The van der Waals surface area contributed by atoms with E-state index in [1.54, 1.807) is 23.7 Å². The van der Waals surface area contributed by atoms with Crippen LogP contribution < -0.4 is 5.32 Å². The van der Waals surface area contributed by atoms with Gasteiger partial charge in [0.1, 0.15) is 4.60 Å². The fraction of sp³-hybridized carbons (Fsp3) is 0.357. The summed E-state index contributed by atoms with van der Waals surface area (Å²) in [6, 6.07) is 0. The molecule has 0 radical (unpaired) electrons. The number of ether oxygens (including phenoxy) is 1.